The molecule has 2 aromatic carbocycles. The van der Waals surface area contributed by atoms with E-state index in [0.717, 1.165) is 11.3 Å². The van der Waals surface area contributed by atoms with Crippen LogP contribution < -0.4 is 10.6 Å². The van der Waals surface area contributed by atoms with E-state index in [1.165, 1.54) is 17.4 Å². The summed E-state index contributed by atoms with van der Waals surface area (Å²) in [6.07, 6.45) is 4.53. The van der Waals surface area contributed by atoms with E-state index in [4.69, 9.17) is 4.42 Å². The summed E-state index contributed by atoms with van der Waals surface area (Å²) in [5, 5.41) is 7.96. The molecule has 4 rings (SSSR count). The minimum atomic E-state index is -0.286. The summed E-state index contributed by atoms with van der Waals surface area (Å²) in [5.41, 5.74) is 2.92. The van der Waals surface area contributed by atoms with Gasteiger partial charge in [0.2, 0.25) is 5.91 Å². The van der Waals surface area contributed by atoms with Crippen LogP contribution in [-0.4, -0.2) is 16.8 Å². The van der Waals surface area contributed by atoms with Crippen LogP contribution in [0, 0.1) is 0 Å². The highest BCUT2D eigenvalue weighted by Gasteiger charge is 2.08. The van der Waals surface area contributed by atoms with Crippen molar-refractivity contribution < 1.29 is 14.0 Å². The van der Waals surface area contributed by atoms with Gasteiger partial charge in [-0.15, -0.1) is 11.3 Å². The van der Waals surface area contributed by atoms with E-state index in [1.807, 2.05) is 47.8 Å². The Morgan fingerprint density at radius 3 is 2.47 bits per heavy atom. The Hall–Kier alpha value is -3.97. The lowest BCUT2D eigenvalue weighted by Gasteiger charge is -2.06. The van der Waals surface area contributed by atoms with Crippen LogP contribution in [0.25, 0.3) is 17.3 Å². The van der Waals surface area contributed by atoms with E-state index in [1.54, 1.807) is 36.6 Å². The van der Waals surface area contributed by atoms with E-state index >= 15 is 0 Å². The number of hydrogen-bond donors (Lipinski definition) is 2. The quantitative estimate of drug-likeness (QED) is 0.418. The van der Waals surface area contributed by atoms with Crippen LogP contribution in [-0.2, 0) is 4.79 Å². The second kappa shape index (κ2) is 9.02. The van der Waals surface area contributed by atoms with Crippen LogP contribution >= 0.6 is 11.3 Å². The Kier molecular flexibility index (Phi) is 5.82. The summed E-state index contributed by atoms with van der Waals surface area (Å²) < 4.78 is 5.15. The summed E-state index contributed by atoms with van der Waals surface area (Å²) in [4.78, 5) is 28.7. The van der Waals surface area contributed by atoms with Crippen molar-refractivity contribution in [1.82, 2.24) is 4.98 Å². The van der Waals surface area contributed by atoms with E-state index in [-0.39, 0.29) is 11.8 Å². The first kappa shape index (κ1) is 19.4. The second-order valence-electron chi connectivity index (χ2n) is 6.27. The molecule has 0 aliphatic heterocycles. The summed E-state index contributed by atoms with van der Waals surface area (Å²) in [7, 11) is 0. The highest BCUT2D eigenvalue weighted by molar-refractivity contribution is 7.14. The van der Waals surface area contributed by atoms with Crippen LogP contribution in [0.5, 0.6) is 0 Å². The van der Waals surface area contributed by atoms with Gasteiger partial charge >= 0.3 is 0 Å². The molecule has 2 heterocycles. The molecule has 4 aromatic rings. The Morgan fingerprint density at radius 2 is 1.73 bits per heavy atom. The molecule has 0 saturated carbocycles. The molecule has 0 aliphatic carbocycles. The molecule has 0 atom stereocenters. The monoisotopic (exact) mass is 415 g/mol. The van der Waals surface area contributed by atoms with Crippen molar-refractivity contribution >= 4 is 40.0 Å². The summed E-state index contributed by atoms with van der Waals surface area (Å²) in [6.45, 7) is 0. The summed E-state index contributed by atoms with van der Waals surface area (Å²) in [5.74, 6) is 0.153. The van der Waals surface area contributed by atoms with Gasteiger partial charge in [0.05, 0.1) is 12.0 Å². The first-order valence-electron chi connectivity index (χ1n) is 9.12. The van der Waals surface area contributed by atoms with Crippen LogP contribution in [0.3, 0.4) is 0 Å². The van der Waals surface area contributed by atoms with Crippen molar-refractivity contribution in [3.63, 3.8) is 0 Å². The molecule has 7 heteroatoms. The van der Waals surface area contributed by atoms with Gasteiger partial charge in [0.25, 0.3) is 5.91 Å². The zero-order chi connectivity index (χ0) is 20.8. The molecular formula is C23H17N3O3S. The molecule has 0 saturated heterocycles. The van der Waals surface area contributed by atoms with Gasteiger partial charge in [-0.2, -0.15) is 0 Å². The highest BCUT2D eigenvalue weighted by Crippen LogP contribution is 2.26. The number of benzene rings is 2. The number of carbonyl (C=O) groups is 2. The lowest BCUT2D eigenvalue weighted by Crippen LogP contribution is -2.11. The van der Waals surface area contributed by atoms with Gasteiger partial charge < -0.3 is 9.73 Å². The Bertz CT molecular complexity index is 1160. The topological polar surface area (TPSA) is 84.2 Å². The fourth-order valence-corrected chi connectivity index (χ4v) is 3.39. The molecule has 2 aromatic heterocycles. The third-order valence-corrected chi connectivity index (χ3v) is 4.91. The number of thiazole rings is 1. The molecule has 6 nitrogen and oxygen atoms in total. The molecule has 0 radical (unpaired) electrons. The molecule has 148 valence electrons. The zero-order valence-corrected chi connectivity index (χ0v) is 16.6. The first-order valence-corrected chi connectivity index (χ1v) is 10.0. The Balaban J connectivity index is 1.37. The van der Waals surface area contributed by atoms with E-state index in [2.05, 4.69) is 15.6 Å². The molecular weight excluding hydrogens is 398 g/mol. The predicted octanol–water partition coefficient (Wildman–Crippen LogP) is 5.31. The number of aromatic nitrogens is 1. The van der Waals surface area contributed by atoms with E-state index in [0.29, 0.717) is 22.1 Å². The SMILES string of the molecule is O=C(/C=C/c1ccco1)Nc1nc(-c2ccc(NC(=O)c3ccccc3)cc2)cs1. The number of anilines is 2. The molecule has 0 aliphatic rings. The fourth-order valence-electron chi connectivity index (χ4n) is 2.67. The van der Waals surface area contributed by atoms with Crippen molar-refractivity contribution in [2.24, 2.45) is 0 Å². The van der Waals surface area contributed by atoms with Crippen LogP contribution in [0.4, 0.5) is 10.8 Å². The fraction of sp³-hybridized carbons (Fsp3) is 0. The number of carbonyl (C=O) groups excluding carboxylic acids is 2. The third kappa shape index (κ3) is 4.89. The average Bonchev–Trinajstić information content (AvgIpc) is 3.46. The third-order valence-electron chi connectivity index (χ3n) is 4.15. The second-order valence-corrected chi connectivity index (χ2v) is 7.13. The Labute approximate surface area is 176 Å². The van der Waals surface area contributed by atoms with E-state index in [9.17, 15) is 9.59 Å². The lowest BCUT2D eigenvalue weighted by molar-refractivity contribution is -0.111. The van der Waals surface area contributed by atoms with Crippen LogP contribution in [0.1, 0.15) is 16.1 Å². The van der Waals surface area contributed by atoms with Crippen LogP contribution in [0.15, 0.2) is 88.9 Å². The van der Waals surface area contributed by atoms with Gasteiger partial charge in [-0.25, -0.2) is 4.98 Å². The number of nitrogens with zero attached hydrogens (tertiary/aromatic N) is 1. The zero-order valence-electron chi connectivity index (χ0n) is 15.7. The minimum Gasteiger partial charge on any atom is -0.465 e. The van der Waals surface area contributed by atoms with Crippen molar-refractivity contribution in [2.45, 2.75) is 0 Å². The lowest BCUT2D eigenvalue weighted by atomic mass is 10.1. The molecule has 0 bridgehead atoms. The maximum atomic E-state index is 12.2. The van der Waals surface area contributed by atoms with Crippen molar-refractivity contribution in [3.8, 4) is 11.3 Å². The largest absolute Gasteiger partial charge is 0.465 e. The maximum Gasteiger partial charge on any atom is 0.255 e. The van der Waals surface area contributed by atoms with Gasteiger partial charge in [-0.05, 0) is 42.5 Å². The first-order chi connectivity index (χ1) is 14.7. The van der Waals surface area contributed by atoms with Gasteiger partial charge in [0.1, 0.15) is 5.76 Å². The number of hydrogen-bond acceptors (Lipinski definition) is 5. The maximum absolute atomic E-state index is 12.2. The highest BCUT2D eigenvalue weighted by atomic mass is 32.1. The molecule has 2 N–H and O–H groups in total. The van der Waals surface area contributed by atoms with Gasteiger partial charge in [-0.3, -0.25) is 14.9 Å². The molecule has 30 heavy (non-hydrogen) atoms. The van der Waals surface area contributed by atoms with Crippen molar-refractivity contribution in [2.75, 3.05) is 10.6 Å². The molecule has 0 fully saturated rings. The normalized spacial score (nSPS) is 10.8. The molecule has 0 spiro atoms. The summed E-state index contributed by atoms with van der Waals surface area (Å²) >= 11 is 1.34. The van der Waals surface area contributed by atoms with Crippen LogP contribution in [0.2, 0.25) is 0 Å². The number of furan rings is 1. The van der Waals surface area contributed by atoms with E-state index < -0.39 is 0 Å². The smallest absolute Gasteiger partial charge is 0.255 e. The Morgan fingerprint density at radius 1 is 0.933 bits per heavy atom. The number of rotatable bonds is 6. The van der Waals surface area contributed by atoms with Crippen molar-refractivity contribution in [1.29, 1.82) is 0 Å². The van der Waals surface area contributed by atoms with Gasteiger partial charge in [0.15, 0.2) is 5.13 Å². The minimum absolute atomic E-state index is 0.162. The summed E-state index contributed by atoms with van der Waals surface area (Å²) in [6, 6.07) is 19.9. The molecule has 0 unspecified atom stereocenters. The average molecular weight is 415 g/mol. The van der Waals surface area contributed by atoms with Crippen molar-refractivity contribution in [3.05, 3.63) is 95.8 Å². The number of nitrogens with one attached hydrogen (secondary N) is 2. The standard InChI is InChI=1S/C23H17N3O3S/c27-21(13-12-19-7-4-14-29-19)26-23-25-20(15-30-23)16-8-10-18(11-9-16)24-22(28)17-5-2-1-3-6-17/h1-15H,(H,24,28)(H,25,26,27)/b13-12+. The number of amides is 2. The predicted molar refractivity (Wildman–Crippen MR) is 118 cm³/mol. The van der Waals surface area contributed by atoms with Gasteiger partial charge in [-0.1, -0.05) is 30.3 Å². The molecule has 2 amide bonds. The van der Waals surface area contributed by atoms with Gasteiger partial charge in [0, 0.05) is 28.3 Å².